The van der Waals surface area contributed by atoms with Gasteiger partial charge in [0.25, 0.3) is 0 Å². The molecule has 0 unspecified atom stereocenters. The van der Waals surface area contributed by atoms with Crippen molar-refractivity contribution in [3.8, 4) is 5.75 Å². The summed E-state index contributed by atoms with van der Waals surface area (Å²) in [6, 6.07) is 2.95. The normalized spacial score (nSPS) is 19.1. The minimum absolute atomic E-state index is 0.197. The standard InChI is InChI=1S/C26H40F2O2/c1-3-5-7-8-9-11-12-20-14-16-22(17-15-20)26(29)30-23-19-18-21(13-10-6-4-2)24(27)25(23)28/h18-20,22H,3-17H2,1-2H3. The molecule has 0 saturated heterocycles. The zero-order chi connectivity index (χ0) is 21.8. The van der Waals surface area contributed by atoms with Crippen LogP contribution < -0.4 is 4.74 Å². The number of unbranched alkanes of at least 4 members (excludes halogenated alkanes) is 7. The highest BCUT2D eigenvalue weighted by molar-refractivity contribution is 5.75. The van der Waals surface area contributed by atoms with E-state index in [9.17, 15) is 13.6 Å². The molecule has 2 rings (SSSR count). The molecule has 0 N–H and O–H groups in total. The van der Waals surface area contributed by atoms with Gasteiger partial charge in [-0.1, -0.05) is 77.7 Å². The van der Waals surface area contributed by atoms with Gasteiger partial charge >= 0.3 is 5.97 Å². The van der Waals surface area contributed by atoms with Crippen molar-refractivity contribution in [3.63, 3.8) is 0 Å². The summed E-state index contributed by atoms with van der Waals surface area (Å²) >= 11 is 0. The molecule has 0 aliphatic heterocycles. The van der Waals surface area contributed by atoms with Crippen LogP contribution in [-0.4, -0.2) is 5.97 Å². The van der Waals surface area contributed by atoms with Gasteiger partial charge in [0.2, 0.25) is 5.82 Å². The van der Waals surface area contributed by atoms with Crippen molar-refractivity contribution in [2.24, 2.45) is 11.8 Å². The number of benzene rings is 1. The SMILES string of the molecule is CCCCCCCCC1CCC(C(=O)Oc2ccc(CCCCC)c(F)c2F)CC1. The fourth-order valence-electron chi connectivity index (χ4n) is 4.50. The Balaban J connectivity index is 1.74. The van der Waals surface area contributed by atoms with Gasteiger partial charge in [-0.2, -0.15) is 4.39 Å². The molecule has 170 valence electrons. The number of ether oxygens (including phenoxy) is 1. The molecule has 1 fully saturated rings. The van der Waals surface area contributed by atoms with Crippen molar-refractivity contribution in [1.82, 2.24) is 0 Å². The molecule has 1 aliphatic carbocycles. The van der Waals surface area contributed by atoms with Crippen LogP contribution in [0.15, 0.2) is 12.1 Å². The summed E-state index contributed by atoms with van der Waals surface area (Å²) < 4.78 is 33.9. The first-order valence-corrected chi connectivity index (χ1v) is 12.2. The number of halogens is 2. The van der Waals surface area contributed by atoms with Gasteiger partial charge in [-0.3, -0.25) is 4.79 Å². The molecule has 0 bridgehead atoms. The third-order valence-electron chi connectivity index (χ3n) is 6.53. The first-order valence-electron chi connectivity index (χ1n) is 12.2. The summed E-state index contributed by atoms with van der Waals surface area (Å²) in [6.45, 7) is 4.31. The second-order valence-electron chi connectivity index (χ2n) is 9.00. The summed E-state index contributed by atoms with van der Waals surface area (Å²) in [5, 5.41) is 0. The number of aryl methyl sites for hydroxylation is 1. The van der Waals surface area contributed by atoms with Crippen molar-refractivity contribution >= 4 is 5.97 Å². The van der Waals surface area contributed by atoms with E-state index in [0.29, 0.717) is 17.9 Å². The lowest BCUT2D eigenvalue weighted by atomic mass is 9.80. The number of carbonyl (C=O) groups excluding carboxylic acids is 1. The fourth-order valence-corrected chi connectivity index (χ4v) is 4.50. The minimum atomic E-state index is -1.03. The predicted octanol–water partition coefficient (Wildman–Crippen LogP) is 8.16. The smallest absolute Gasteiger partial charge is 0.314 e. The molecule has 0 aromatic heterocycles. The van der Waals surface area contributed by atoms with Gasteiger partial charge in [-0.25, -0.2) is 4.39 Å². The van der Waals surface area contributed by atoms with Gasteiger partial charge in [0.15, 0.2) is 11.6 Å². The Labute approximate surface area is 181 Å². The Morgan fingerprint density at radius 2 is 1.50 bits per heavy atom. The number of esters is 1. The quantitative estimate of drug-likeness (QED) is 0.182. The van der Waals surface area contributed by atoms with Crippen molar-refractivity contribution in [2.45, 2.75) is 110 Å². The molecule has 0 atom stereocenters. The van der Waals surface area contributed by atoms with Crippen LogP contribution in [0.3, 0.4) is 0 Å². The van der Waals surface area contributed by atoms with Gasteiger partial charge in [0, 0.05) is 0 Å². The van der Waals surface area contributed by atoms with E-state index in [-0.39, 0.29) is 11.7 Å². The van der Waals surface area contributed by atoms with Gasteiger partial charge in [-0.15, -0.1) is 0 Å². The number of carbonyl (C=O) groups is 1. The van der Waals surface area contributed by atoms with E-state index in [2.05, 4.69) is 13.8 Å². The molecule has 4 heteroatoms. The third kappa shape index (κ3) is 8.00. The highest BCUT2D eigenvalue weighted by Gasteiger charge is 2.28. The predicted molar refractivity (Wildman–Crippen MR) is 119 cm³/mol. The van der Waals surface area contributed by atoms with Crippen LogP contribution in [0.5, 0.6) is 5.75 Å². The summed E-state index contributed by atoms with van der Waals surface area (Å²) in [4.78, 5) is 12.5. The van der Waals surface area contributed by atoms with Gasteiger partial charge < -0.3 is 4.74 Å². The molecule has 1 aromatic carbocycles. The molecule has 0 spiro atoms. The molecule has 1 saturated carbocycles. The third-order valence-corrected chi connectivity index (χ3v) is 6.53. The van der Waals surface area contributed by atoms with E-state index in [1.807, 2.05) is 0 Å². The summed E-state index contributed by atoms with van der Waals surface area (Å²) in [5.41, 5.74) is 0.357. The second kappa shape index (κ2) is 13.8. The number of hydrogen-bond donors (Lipinski definition) is 0. The maximum absolute atomic E-state index is 14.4. The first kappa shape index (κ1) is 24.8. The summed E-state index contributed by atoms with van der Waals surface area (Å²) in [7, 11) is 0. The Hall–Kier alpha value is -1.45. The highest BCUT2D eigenvalue weighted by Crippen LogP contribution is 2.34. The van der Waals surface area contributed by atoms with Crippen LogP contribution in [-0.2, 0) is 11.2 Å². The maximum Gasteiger partial charge on any atom is 0.314 e. The number of hydrogen-bond acceptors (Lipinski definition) is 2. The molecule has 0 amide bonds. The molecule has 0 radical (unpaired) electrons. The van der Waals surface area contributed by atoms with E-state index in [1.165, 1.54) is 51.0 Å². The highest BCUT2D eigenvalue weighted by atomic mass is 19.2. The topological polar surface area (TPSA) is 26.3 Å². The Kier molecular flexibility index (Phi) is 11.4. The lowest BCUT2D eigenvalue weighted by molar-refractivity contribution is -0.140. The monoisotopic (exact) mass is 422 g/mol. The van der Waals surface area contributed by atoms with Crippen molar-refractivity contribution in [1.29, 1.82) is 0 Å². The van der Waals surface area contributed by atoms with Crippen molar-refractivity contribution in [3.05, 3.63) is 29.3 Å². The Morgan fingerprint density at radius 1 is 0.867 bits per heavy atom. The van der Waals surface area contributed by atoms with E-state index in [0.717, 1.165) is 44.9 Å². The summed E-state index contributed by atoms with van der Waals surface area (Å²) in [5.74, 6) is -2.10. The van der Waals surface area contributed by atoms with Gasteiger partial charge in [-0.05, 0) is 56.1 Å². The zero-order valence-corrected chi connectivity index (χ0v) is 19.0. The molecule has 1 aliphatic rings. The first-order chi connectivity index (χ1) is 14.6. The molecule has 1 aromatic rings. The largest absolute Gasteiger partial charge is 0.423 e. The van der Waals surface area contributed by atoms with Crippen LogP contribution in [0, 0.1) is 23.5 Å². The lowest BCUT2D eigenvalue weighted by Gasteiger charge is -2.27. The average Bonchev–Trinajstić information content (AvgIpc) is 2.76. The zero-order valence-electron chi connectivity index (χ0n) is 19.0. The Morgan fingerprint density at radius 3 is 2.20 bits per heavy atom. The van der Waals surface area contributed by atoms with Gasteiger partial charge in [0.1, 0.15) is 0 Å². The van der Waals surface area contributed by atoms with E-state index >= 15 is 0 Å². The van der Waals surface area contributed by atoms with Crippen molar-refractivity contribution < 1.29 is 18.3 Å². The van der Waals surface area contributed by atoms with Crippen LogP contribution >= 0.6 is 0 Å². The molecule has 2 nitrogen and oxygen atoms in total. The van der Waals surface area contributed by atoms with Crippen LogP contribution in [0.1, 0.15) is 109 Å². The number of rotatable bonds is 13. The van der Waals surface area contributed by atoms with E-state index < -0.39 is 17.6 Å². The van der Waals surface area contributed by atoms with Crippen LogP contribution in [0.25, 0.3) is 0 Å². The lowest BCUT2D eigenvalue weighted by Crippen LogP contribution is -2.26. The fraction of sp³-hybridized carbons (Fsp3) is 0.731. The maximum atomic E-state index is 14.4. The molecular weight excluding hydrogens is 382 g/mol. The molecule has 0 heterocycles. The second-order valence-corrected chi connectivity index (χ2v) is 9.00. The van der Waals surface area contributed by atoms with Crippen LogP contribution in [0.4, 0.5) is 8.78 Å². The summed E-state index contributed by atoms with van der Waals surface area (Å²) in [6.07, 6.45) is 16.1. The Bertz CT molecular complexity index is 636. The van der Waals surface area contributed by atoms with Crippen LogP contribution in [0.2, 0.25) is 0 Å². The average molecular weight is 423 g/mol. The molecular formula is C26H40F2O2. The van der Waals surface area contributed by atoms with Crippen molar-refractivity contribution in [2.75, 3.05) is 0 Å². The van der Waals surface area contributed by atoms with Gasteiger partial charge in [0.05, 0.1) is 5.92 Å². The van der Waals surface area contributed by atoms with E-state index in [4.69, 9.17) is 4.74 Å². The minimum Gasteiger partial charge on any atom is -0.423 e. The van der Waals surface area contributed by atoms with E-state index in [1.54, 1.807) is 6.07 Å². The molecule has 30 heavy (non-hydrogen) atoms.